The topological polar surface area (TPSA) is 234 Å². The molecule has 2 rings (SSSR count). The van der Waals surface area contributed by atoms with Crippen LogP contribution in [0.25, 0.3) is 0 Å². The number of oxime groups is 1. The Bertz CT molecular complexity index is 1050. The number of amides is 2. The van der Waals surface area contributed by atoms with Crippen LogP contribution in [-0.4, -0.2) is 76.5 Å². The Morgan fingerprint density at radius 1 is 1.39 bits per heavy atom. The molecule has 0 spiro atoms. The predicted octanol–water partition coefficient (Wildman–Crippen LogP) is -9.69. The number of nitrogens with zero attached hydrogens (tertiary/aromatic N) is 3. The molecule has 170 valence electrons. The van der Waals surface area contributed by atoms with Gasteiger partial charge in [0.05, 0.1) is 5.97 Å². The second kappa shape index (κ2) is 13.0. The van der Waals surface area contributed by atoms with E-state index in [-0.39, 0.29) is 74.2 Å². The monoisotopic (exact) mass is 523 g/mol. The summed E-state index contributed by atoms with van der Waals surface area (Å²) in [5.74, 6) is -4.86. The van der Waals surface area contributed by atoms with Crippen LogP contribution >= 0.6 is 11.3 Å². The van der Waals surface area contributed by atoms with E-state index in [1.165, 1.54) is 5.38 Å². The second-order valence-corrected chi connectivity index (χ2v) is 8.13. The summed E-state index contributed by atoms with van der Waals surface area (Å²) in [7, 11) is -5.24. The molecule has 33 heavy (non-hydrogen) atoms. The van der Waals surface area contributed by atoms with Crippen molar-refractivity contribution in [2.45, 2.75) is 32.0 Å². The van der Waals surface area contributed by atoms with E-state index in [1.54, 1.807) is 0 Å². The van der Waals surface area contributed by atoms with Gasteiger partial charge in [0.2, 0.25) is 0 Å². The number of carbonyl (C=O) groups excluding carboxylic acids is 4. The quantitative estimate of drug-likeness (QED) is 0.0767. The molecule has 0 aliphatic carbocycles. The summed E-state index contributed by atoms with van der Waals surface area (Å²) in [5, 5.41) is 17.6. The van der Waals surface area contributed by atoms with Gasteiger partial charge in [-0.3, -0.25) is 14.4 Å². The smallest absolute Gasteiger partial charge is 0.731 e. The molecule has 1 saturated heterocycles. The first-order valence-corrected chi connectivity index (χ1v) is 10.5. The number of thiazole rings is 1. The number of aliphatic carboxylic acids is 1. The Hall–Kier alpha value is -1.31. The normalized spacial score (nSPS) is 18.7. The zero-order valence-corrected chi connectivity index (χ0v) is 23.5. The number of nitrogen functional groups attached to an aromatic ring is 1. The molecule has 1 aromatic rings. The van der Waals surface area contributed by atoms with Crippen LogP contribution in [0.5, 0.6) is 0 Å². The Labute approximate surface area is 235 Å². The number of aromatic nitrogens is 1. The molecular weight excluding hydrogens is 508 g/mol. The molecule has 0 radical (unpaired) electrons. The van der Waals surface area contributed by atoms with Crippen LogP contribution in [0, 0.1) is 0 Å². The van der Waals surface area contributed by atoms with Crippen molar-refractivity contribution >= 4 is 56.2 Å². The number of carboxylic acids is 1. The molecule has 1 unspecified atom stereocenters. The van der Waals surface area contributed by atoms with Crippen LogP contribution in [0.4, 0.5) is 5.13 Å². The van der Waals surface area contributed by atoms with Gasteiger partial charge >= 0.3 is 65.1 Å². The Morgan fingerprint density at radius 3 is 2.45 bits per heavy atom. The number of anilines is 1. The first-order chi connectivity index (χ1) is 14.3. The average Bonchev–Trinajstić information content (AvgIpc) is 3.07. The number of nitrogens with one attached hydrogen (secondary N) is 1. The van der Waals surface area contributed by atoms with Crippen LogP contribution in [0.1, 0.15) is 19.5 Å². The first-order valence-electron chi connectivity index (χ1n) is 8.22. The summed E-state index contributed by atoms with van der Waals surface area (Å²) >= 11 is 0.914. The van der Waals surface area contributed by atoms with E-state index >= 15 is 0 Å². The molecule has 0 saturated carbocycles. The van der Waals surface area contributed by atoms with E-state index in [9.17, 15) is 37.3 Å². The van der Waals surface area contributed by atoms with Gasteiger partial charge in [0, 0.05) is 12.3 Å². The predicted molar refractivity (Wildman–Crippen MR) is 97.5 cm³/mol. The summed E-state index contributed by atoms with van der Waals surface area (Å²) in [4.78, 5) is 55.0. The maximum atomic E-state index is 12.7. The number of ether oxygens (including phenoxy) is 1. The fourth-order valence-electron chi connectivity index (χ4n) is 2.30. The average molecular weight is 523 g/mol. The van der Waals surface area contributed by atoms with Crippen LogP contribution in [-0.2, 0) is 39.1 Å². The van der Waals surface area contributed by atoms with Crippen LogP contribution in [0.15, 0.2) is 10.5 Å². The summed E-state index contributed by atoms with van der Waals surface area (Å²) in [6.07, 6.45) is -1.55. The molecule has 19 heteroatoms. The summed E-state index contributed by atoms with van der Waals surface area (Å²) in [6, 6.07) is -3.08. The van der Waals surface area contributed by atoms with E-state index in [0.717, 1.165) is 25.2 Å². The van der Waals surface area contributed by atoms with Crippen molar-refractivity contribution in [1.82, 2.24) is 14.6 Å². The number of carbonyl (C=O) groups is 4. The molecule has 0 bridgehead atoms. The molecule has 15 nitrogen and oxygen atoms in total. The molecule has 1 aromatic heterocycles. The van der Waals surface area contributed by atoms with Crippen molar-refractivity contribution in [1.29, 1.82) is 0 Å². The van der Waals surface area contributed by atoms with E-state index in [0.29, 0.717) is 0 Å². The third-order valence-corrected chi connectivity index (χ3v) is 5.37. The molecule has 1 fully saturated rings. The number of carboxylic acid groups (broad SMARTS) is 1. The number of esters is 1. The number of hydrogen-bond donors (Lipinski definition) is 2. The van der Waals surface area contributed by atoms with Gasteiger partial charge in [-0.05, 0) is 6.92 Å². The van der Waals surface area contributed by atoms with Crippen molar-refractivity contribution in [2.24, 2.45) is 5.16 Å². The molecule has 2 amide bonds. The number of nitrogens with two attached hydrogens (primary N) is 1. The standard InChI is InChI=1S/C14H17N5O10S2.2Na/c1-5(13(23)24)29-18-9(7-4-30-14(15)16-7)11(21)17-10-8(3-28-6(2)20)19(12(10)22)31(25,26)27;;/h4-5,8,10H,3H2,1-2H3,(H2,15,16)(H,17,21)(H,23,24)(H,25,26,27);;/q;2*+1/p-2/t5?,8-,10+;;/m0../s1. The molecular formula is C14H15N5Na2O10S2. The fourth-order valence-corrected chi connectivity index (χ4v) is 3.70. The van der Waals surface area contributed by atoms with Crippen molar-refractivity contribution in [3.05, 3.63) is 11.1 Å². The summed E-state index contributed by atoms with van der Waals surface area (Å²) < 4.78 is 38.4. The third-order valence-electron chi connectivity index (χ3n) is 3.77. The Kier molecular flexibility index (Phi) is 12.4. The zero-order chi connectivity index (χ0) is 23.5. The van der Waals surface area contributed by atoms with Gasteiger partial charge in [0.15, 0.2) is 27.3 Å². The van der Waals surface area contributed by atoms with Gasteiger partial charge in [-0.2, -0.15) is 0 Å². The number of hydrogen-bond acceptors (Lipinski definition) is 14. The van der Waals surface area contributed by atoms with Gasteiger partial charge in [0.1, 0.15) is 24.4 Å². The molecule has 3 N–H and O–H groups in total. The van der Waals surface area contributed by atoms with Gasteiger partial charge in [-0.1, -0.05) is 5.16 Å². The van der Waals surface area contributed by atoms with E-state index < -0.39 is 64.6 Å². The molecule has 0 aromatic carbocycles. The van der Waals surface area contributed by atoms with Crippen molar-refractivity contribution < 1.29 is 106 Å². The number of rotatable bonds is 9. The Morgan fingerprint density at radius 2 is 2.00 bits per heavy atom. The van der Waals surface area contributed by atoms with Crippen LogP contribution < -0.4 is 75.3 Å². The molecule has 2 heterocycles. The minimum atomic E-state index is -5.24. The van der Waals surface area contributed by atoms with Gasteiger partial charge in [-0.15, -0.1) is 11.3 Å². The van der Waals surface area contributed by atoms with Crippen molar-refractivity contribution in [3.8, 4) is 0 Å². The summed E-state index contributed by atoms with van der Waals surface area (Å²) in [5.41, 5.74) is 4.77. The van der Waals surface area contributed by atoms with Crippen molar-refractivity contribution in [2.75, 3.05) is 12.3 Å². The molecule has 1 aliphatic heterocycles. The van der Waals surface area contributed by atoms with Crippen LogP contribution in [0.2, 0.25) is 0 Å². The van der Waals surface area contributed by atoms with E-state index in [1.807, 2.05) is 0 Å². The number of β-lactam (4-membered cyclic amide) rings is 1. The fraction of sp³-hybridized carbons (Fsp3) is 0.429. The third kappa shape index (κ3) is 8.15. The molecule has 3 atom stereocenters. The van der Waals surface area contributed by atoms with Gasteiger partial charge < -0.3 is 35.1 Å². The maximum Gasteiger partial charge on any atom is 1.00 e. The zero-order valence-electron chi connectivity index (χ0n) is 17.8. The second-order valence-electron chi connectivity index (χ2n) is 5.99. The maximum absolute atomic E-state index is 12.7. The minimum absolute atomic E-state index is 0. The molecule has 1 aliphatic rings. The largest absolute Gasteiger partial charge is 1.00 e. The Balaban J connectivity index is 0.00000512. The summed E-state index contributed by atoms with van der Waals surface area (Å²) in [6.45, 7) is 1.39. The SMILES string of the molecule is CC(=O)OC[C@H]1[C@@H](NC(=O)C(=NOC(C)C(=O)[O-])c2csc(N)n2)C(=O)N1S(=O)(=O)[O-].[Na+].[Na+]. The van der Waals surface area contributed by atoms with Gasteiger partial charge in [-0.25, -0.2) is 17.7 Å². The first kappa shape index (κ1) is 31.7. The van der Waals surface area contributed by atoms with Crippen molar-refractivity contribution in [3.63, 3.8) is 0 Å². The van der Waals surface area contributed by atoms with E-state index in [2.05, 4.69) is 25.0 Å². The van der Waals surface area contributed by atoms with Crippen LogP contribution in [0.3, 0.4) is 0 Å². The van der Waals surface area contributed by atoms with Gasteiger partial charge in [0.25, 0.3) is 11.8 Å². The van der Waals surface area contributed by atoms with E-state index in [4.69, 9.17) is 5.73 Å². The minimum Gasteiger partial charge on any atom is -0.731 e.